The largest absolute Gasteiger partial charge is 0.503 e. The van der Waals surface area contributed by atoms with Gasteiger partial charge >= 0.3 is 6.16 Å². The molecule has 3 N–H and O–H groups in total. The molecule has 1 fully saturated rings. The van der Waals surface area contributed by atoms with Crippen LogP contribution in [0.1, 0.15) is 31.4 Å². The average molecular weight is 559 g/mol. The normalized spacial score (nSPS) is 17.5. The Labute approximate surface area is 207 Å². The Bertz CT molecular complexity index is 1060. The Morgan fingerprint density at radius 1 is 1.27 bits per heavy atom. The zero-order chi connectivity index (χ0) is 23.8. The van der Waals surface area contributed by atoms with E-state index in [0.717, 1.165) is 53.2 Å². The minimum atomic E-state index is -1.83. The highest BCUT2D eigenvalue weighted by atomic mass is 79.9. The Hall–Kier alpha value is -2.43. The standard InChI is InChI=1S/C21H20BrClFN3OS.CH2O3/c22-14-11-15(26-19(12-14)27-21-25-8-9-29-21)10-13-4-6-16(7-5-13)28-18-3-1-2-17(23)20(18)24;2-1(3)4/h1-3,8-9,11-13,16H,4-7,10H2,(H,25,26,27);(H2,2,3,4)/t13-,16-;. The van der Waals surface area contributed by atoms with E-state index in [1.165, 1.54) is 6.07 Å². The van der Waals surface area contributed by atoms with Gasteiger partial charge in [-0.3, -0.25) is 0 Å². The van der Waals surface area contributed by atoms with E-state index in [-0.39, 0.29) is 16.9 Å². The molecule has 176 valence electrons. The number of benzene rings is 1. The third-order valence-corrected chi connectivity index (χ3v) is 6.45. The monoisotopic (exact) mass is 557 g/mol. The molecule has 1 aliphatic rings. The van der Waals surface area contributed by atoms with Gasteiger partial charge in [-0.1, -0.05) is 33.6 Å². The van der Waals surface area contributed by atoms with Crippen LogP contribution < -0.4 is 10.1 Å². The second-order valence-corrected chi connectivity index (χ2v) is 9.64. The fourth-order valence-electron chi connectivity index (χ4n) is 3.62. The summed E-state index contributed by atoms with van der Waals surface area (Å²) in [5, 5.41) is 20.0. The van der Waals surface area contributed by atoms with Crippen LogP contribution in [0.5, 0.6) is 5.75 Å². The number of thiazole rings is 1. The van der Waals surface area contributed by atoms with Crippen LogP contribution in [-0.2, 0) is 6.42 Å². The van der Waals surface area contributed by atoms with E-state index in [4.69, 9.17) is 36.3 Å². The van der Waals surface area contributed by atoms with Gasteiger partial charge in [0, 0.05) is 21.7 Å². The van der Waals surface area contributed by atoms with Gasteiger partial charge in [-0.15, -0.1) is 11.3 Å². The number of hydrogen-bond donors (Lipinski definition) is 3. The minimum absolute atomic E-state index is 0.0248. The number of anilines is 2. The van der Waals surface area contributed by atoms with Crippen molar-refractivity contribution >= 4 is 56.0 Å². The first-order valence-electron chi connectivity index (χ1n) is 10.2. The number of halogens is 3. The number of ether oxygens (including phenoxy) is 1. The highest BCUT2D eigenvalue weighted by molar-refractivity contribution is 9.10. The van der Waals surface area contributed by atoms with Crippen molar-refractivity contribution in [2.24, 2.45) is 5.92 Å². The summed E-state index contributed by atoms with van der Waals surface area (Å²) < 4.78 is 20.9. The van der Waals surface area contributed by atoms with Crippen molar-refractivity contribution in [2.45, 2.75) is 38.2 Å². The lowest BCUT2D eigenvalue weighted by Crippen LogP contribution is -2.25. The van der Waals surface area contributed by atoms with Gasteiger partial charge < -0.3 is 20.3 Å². The summed E-state index contributed by atoms with van der Waals surface area (Å²) in [6, 6.07) is 8.90. The van der Waals surface area contributed by atoms with Crippen molar-refractivity contribution in [2.75, 3.05) is 5.32 Å². The minimum Gasteiger partial charge on any atom is -0.487 e. The molecule has 1 saturated carbocycles. The lowest BCUT2D eigenvalue weighted by Gasteiger charge is -2.29. The number of carboxylic acid groups (broad SMARTS) is 2. The Balaban J connectivity index is 0.000000709. The quantitative estimate of drug-likeness (QED) is 0.293. The van der Waals surface area contributed by atoms with Crippen LogP contribution in [0.4, 0.5) is 20.1 Å². The smallest absolute Gasteiger partial charge is 0.487 e. The van der Waals surface area contributed by atoms with E-state index in [2.05, 4.69) is 32.3 Å². The van der Waals surface area contributed by atoms with Crippen molar-refractivity contribution in [1.29, 1.82) is 0 Å². The third kappa shape index (κ3) is 8.13. The van der Waals surface area contributed by atoms with Crippen molar-refractivity contribution in [3.05, 3.63) is 62.9 Å². The van der Waals surface area contributed by atoms with E-state index >= 15 is 0 Å². The maximum absolute atomic E-state index is 14.1. The molecule has 0 atom stereocenters. The number of nitrogens with zero attached hydrogens (tertiary/aromatic N) is 2. The highest BCUT2D eigenvalue weighted by Crippen LogP contribution is 2.32. The van der Waals surface area contributed by atoms with Gasteiger partial charge in [0.2, 0.25) is 0 Å². The molecule has 2 heterocycles. The van der Waals surface area contributed by atoms with E-state index in [1.54, 1.807) is 29.7 Å². The van der Waals surface area contributed by atoms with Crippen LogP contribution in [0, 0.1) is 11.7 Å². The van der Waals surface area contributed by atoms with E-state index < -0.39 is 12.0 Å². The highest BCUT2D eigenvalue weighted by Gasteiger charge is 2.24. The molecule has 0 amide bonds. The fourth-order valence-corrected chi connectivity index (χ4v) is 4.80. The van der Waals surface area contributed by atoms with Crippen molar-refractivity contribution in [3.8, 4) is 5.75 Å². The molecule has 2 aromatic heterocycles. The predicted molar refractivity (Wildman–Crippen MR) is 129 cm³/mol. The molecule has 1 aromatic carbocycles. The van der Waals surface area contributed by atoms with Gasteiger partial charge in [-0.05, 0) is 62.3 Å². The Morgan fingerprint density at radius 3 is 2.67 bits per heavy atom. The Morgan fingerprint density at radius 2 is 2.00 bits per heavy atom. The van der Waals surface area contributed by atoms with Crippen LogP contribution in [-0.4, -0.2) is 32.4 Å². The van der Waals surface area contributed by atoms with Crippen molar-refractivity contribution in [3.63, 3.8) is 0 Å². The van der Waals surface area contributed by atoms with Crippen LogP contribution in [0.25, 0.3) is 0 Å². The van der Waals surface area contributed by atoms with E-state index in [0.29, 0.717) is 5.92 Å². The number of hydrogen-bond acceptors (Lipinski definition) is 6. The van der Waals surface area contributed by atoms with Gasteiger partial charge in [0.1, 0.15) is 5.82 Å². The molecule has 33 heavy (non-hydrogen) atoms. The summed E-state index contributed by atoms with van der Waals surface area (Å²) in [6.45, 7) is 0. The molecule has 0 bridgehead atoms. The first-order chi connectivity index (χ1) is 15.8. The fraction of sp³-hybridized carbons (Fsp3) is 0.318. The first kappa shape index (κ1) is 25.2. The zero-order valence-corrected chi connectivity index (χ0v) is 20.5. The summed E-state index contributed by atoms with van der Waals surface area (Å²) in [4.78, 5) is 17.5. The molecule has 0 aliphatic heterocycles. The molecular weight excluding hydrogens is 537 g/mol. The molecular formula is C22H22BrClFN3O4S. The van der Waals surface area contributed by atoms with Gasteiger partial charge in [0.05, 0.1) is 11.1 Å². The number of pyridine rings is 1. The SMILES string of the molecule is Fc1c(Cl)cccc1O[C@H]1CC[C@H](Cc2cc(Br)cc(Nc3nccs3)n2)CC1.O=C(O)O. The average Bonchev–Trinajstić information content (AvgIpc) is 3.25. The van der Waals surface area contributed by atoms with Crippen molar-refractivity contribution < 1.29 is 24.1 Å². The Kier molecular flexibility index (Phi) is 9.28. The second kappa shape index (κ2) is 12.2. The second-order valence-electron chi connectivity index (χ2n) is 7.42. The topological polar surface area (TPSA) is 105 Å². The maximum atomic E-state index is 14.1. The molecule has 0 spiro atoms. The molecule has 4 rings (SSSR count). The zero-order valence-electron chi connectivity index (χ0n) is 17.4. The lowest BCUT2D eigenvalue weighted by molar-refractivity contribution is 0.126. The third-order valence-electron chi connectivity index (χ3n) is 5.01. The summed E-state index contributed by atoms with van der Waals surface area (Å²) in [6.07, 6.45) is 4.71. The summed E-state index contributed by atoms with van der Waals surface area (Å²) in [5.41, 5.74) is 1.05. The van der Waals surface area contributed by atoms with E-state index in [1.807, 2.05) is 11.4 Å². The van der Waals surface area contributed by atoms with Gasteiger partial charge in [0.25, 0.3) is 0 Å². The molecule has 0 radical (unpaired) electrons. The molecule has 7 nitrogen and oxygen atoms in total. The molecule has 0 saturated heterocycles. The summed E-state index contributed by atoms with van der Waals surface area (Å²) >= 11 is 11.0. The number of rotatable bonds is 6. The lowest BCUT2D eigenvalue weighted by atomic mass is 9.84. The maximum Gasteiger partial charge on any atom is 0.503 e. The van der Waals surface area contributed by atoms with Gasteiger partial charge in [-0.25, -0.2) is 19.2 Å². The van der Waals surface area contributed by atoms with Gasteiger partial charge in [0.15, 0.2) is 16.7 Å². The van der Waals surface area contributed by atoms with Crippen molar-refractivity contribution in [1.82, 2.24) is 9.97 Å². The molecule has 0 unspecified atom stereocenters. The molecule has 3 aromatic rings. The van der Waals surface area contributed by atoms with Crippen LogP contribution in [0.2, 0.25) is 5.02 Å². The summed E-state index contributed by atoms with van der Waals surface area (Å²) in [5.74, 6) is 1.09. The first-order valence-corrected chi connectivity index (χ1v) is 12.2. The number of nitrogens with one attached hydrogen (secondary N) is 1. The molecule has 11 heteroatoms. The summed E-state index contributed by atoms with van der Waals surface area (Å²) in [7, 11) is 0. The van der Waals surface area contributed by atoms with Crippen LogP contribution in [0.3, 0.4) is 0 Å². The van der Waals surface area contributed by atoms with Crippen LogP contribution >= 0.6 is 38.9 Å². The van der Waals surface area contributed by atoms with Gasteiger partial charge in [-0.2, -0.15) is 0 Å². The van der Waals surface area contributed by atoms with E-state index in [9.17, 15) is 4.39 Å². The number of aromatic nitrogens is 2. The van der Waals surface area contributed by atoms with Crippen LogP contribution in [0.15, 0.2) is 46.4 Å². The number of carbonyl (C=O) groups is 1. The predicted octanol–water partition coefficient (Wildman–Crippen LogP) is 7.24. The molecule has 1 aliphatic carbocycles.